The fourth-order valence-corrected chi connectivity index (χ4v) is 1.15. The number of carboxylic acids is 1. The molecular formula is C10H13N3O3. The molecule has 0 bridgehead atoms. The lowest BCUT2D eigenvalue weighted by Crippen LogP contribution is -2.30. The number of carbonyl (C=O) groups is 1. The maximum absolute atomic E-state index is 10.7. The van der Waals surface area contributed by atoms with E-state index >= 15 is 0 Å². The molecule has 1 N–H and O–H groups in total. The zero-order chi connectivity index (χ0) is 12.0. The fourth-order valence-electron chi connectivity index (χ4n) is 1.15. The van der Waals surface area contributed by atoms with Crippen LogP contribution in [-0.2, 0) is 4.79 Å². The van der Waals surface area contributed by atoms with Crippen molar-refractivity contribution in [2.75, 3.05) is 25.1 Å². The van der Waals surface area contributed by atoms with E-state index in [-0.39, 0.29) is 6.54 Å². The van der Waals surface area contributed by atoms with Gasteiger partial charge >= 0.3 is 5.97 Å². The molecule has 0 spiro atoms. The molecule has 0 fully saturated rings. The van der Waals surface area contributed by atoms with E-state index < -0.39 is 5.97 Å². The number of aromatic nitrogens is 2. The zero-order valence-electron chi connectivity index (χ0n) is 8.96. The Morgan fingerprint density at radius 2 is 2.44 bits per heavy atom. The van der Waals surface area contributed by atoms with E-state index in [9.17, 15) is 4.79 Å². The second-order valence-corrected chi connectivity index (χ2v) is 2.98. The molecule has 0 unspecified atom stereocenters. The average Bonchev–Trinajstić information content (AvgIpc) is 2.28. The predicted molar refractivity (Wildman–Crippen MR) is 58.6 cm³/mol. The maximum atomic E-state index is 10.7. The minimum Gasteiger partial charge on any atom is -0.480 e. The van der Waals surface area contributed by atoms with Crippen molar-refractivity contribution in [3.05, 3.63) is 25.0 Å². The summed E-state index contributed by atoms with van der Waals surface area (Å²) in [6, 6.07) is 0. The summed E-state index contributed by atoms with van der Waals surface area (Å²) in [5.74, 6) is -0.148. The lowest BCUT2D eigenvalue weighted by atomic mass is 10.4. The smallest absolute Gasteiger partial charge is 0.323 e. The van der Waals surface area contributed by atoms with Gasteiger partial charge in [0.25, 0.3) is 0 Å². The summed E-state index contributed by atoms with van der Waals surface area (Å²) < 4.78 is 4.91. The van der Waals surface area contributed by atoms with E-state index in [4.69, 9.17) is 9.84 Å². The van der Waals surface area contributed by atoms with Crippen LogP contribution >= 0.6 is 0 Å². The van der Waals surface area contributed by atoms with Gasteiger partial charge in [0.05, 0.1) is 19.5 Å². The van der Waals surface area contributed by atoms with Gasteiger partial charge in [-0.2, -0.15) is 4.98 Å². The molecule has 0 aliphatic rings. The number of anilines is 1. The first-order chi connectivity index (χ1) is 7.67. The third kappa shape index (κ3) is 3.23. The zero-order valence-corrected chi connectivity index (χ0v) is 8.96. The van der Waals surface area contributed by atoms with Crippen molar-refractivity contribution in [3.8, 4) is 5.88 Å². The van der Waals surface area contributed by atoms with Gasteiger partial charge in [-0.1, -0.05) is 6.08 Å². The molecule has 6 nitrogen and oxygen atoms in total. The number of hydrogen-bond donors (Lipinski definition) is 1. The van der Waals surface area contributed by atoms with Gasteiger partial charge in [-0.3, -0.25) is 9.78 Å². The van der Waals surface area contributed by atoms with E-state index in [1.165, 1.54) is 24.4 Å². The molecule has 0 amide bonds. The Labute approximate surface area is 93.2 Å². The third-order valence-corrected chi connectivity index (χ3v) is 1.81. The molecule has 0 aliphatic carbocycles. The van der Waals surface area contributed by atoms with Crippen LogP contribution in [0.4, 0.5) is 5.82 Å². The molecular weight excluding hydrogens is 210 g/mol. The molecule has 1 heterocycles. The van der Waals surface area contributed by atoms with Gasteiger partial charge in [0.2, 0.25) is 5.88 Å². The summed E-state index contributed by atoms with van der Waals surface area (Å²) in [5.41, 5.74) is 0. The van der Waals surface area contributed by atoms with Crippen LogP contribution < -0.4 is 9.64 Å². The molecule has 1 aromatic rings. The van der Waals surface area contributed by atoms with Crippen LogP contribution in [-0.4, -0.2) is 41.2 Å². The van der Waals surface area contributed by atoms with Crippen LogP contribution in [0.15, 0.2) is 25.0 Å². The Balaban J connectivity index is 2.90. The molecule has 0 aliphatic heterocycles. The van der Waals surface area contributed by atoms with Crippen molar-refractivity contribution in [2.45, 2.75) is 0 Å². The second-order valence-electron chi connectivity index (χ2n) is 2.98. The SMILES string of the molecule is C=CCN(CC(=O)O)c1cncc(OC)n1. The highest BCUT2D eigenvalue weighted by atomic mass is 16.5. The third-order valence-electron chi connectivity index (χ3n) is 1.81. The largest absolute Gasteiger partial charge is 0.480 e. The monoisotopic (exact) mass is 223 g/mol. The quantitative estimate of drug-likeness (QED) is 0.710. The van der Waals surface area contributed by atoms with E-state index in [0.717, 1.165) is 0 Å². The molecule has 0 atom stereocenters. The summed E-state index contributed by atoms with van der Waals surface area (Å²) in [6.07, 6.45) is 4.54. The van der Waals surface area contributed by atoms with E-state index in [2.05, 4.69) is 16.5 Å². The number of carboxylic acid groups (broad SMARTS) is 1. The van der Waals surface area contributed by atoms with Crippen molar-refractivity contribution in [2.24, 2.45) is 0 Å². The summed E-state index contributed by atoms with van der Waals surface area (Å²) in [6.45, 7) is 3.79. The van der Waals surface area contributed by atoms with Crippen molar-refractivity contribution >= 4 is 11.8 Å². The van der Waals surface area contributed by atoms with Crippen LogP contribution in [0.2, 0.25) is 0 Å². The van der Waals surface area contributed by atoms with Gasteiger partial charge in [-0.25, -0.2) is 0 Å². The number of nitrogens with zero attached hydrogens (tertiary/aromatic N) is 3. The lowest BCUT2D eigenvalue weighted by Gasteiger charge is -2.19. The molecule has 86 valence electrons. The Kier molecular flexibility index (Phi) is 4.26. The van der Waals surface area contributed by atoms with Crippen molar-refractivity contribution in [3.63, 3.8) is 0 Å². The highest BCUT2D eigenvalue weighted by Gasteiger charge is 2.11. The molecule has 16 heavy (non-hydrogen) atoms. The first kappa shape index (κ1) is 12.0. The van der Waals surface area contributed by atoms with Crippen LogP contribution in [0.25, 0.3) is 0 Å². The van der Waals surface area contributed by atoms with Crippen LogP contribution in [0.1, 0.15) is 0 Å². The van der Waals surface area contributed by atoms with Gasteiger partial charge in [-0.15, -0.1) is 6.58 Å². The van der Waals surface area contributed by atoms with Gasteiger partial charge in [0.15, 0.2) is 5.82 Å². The number of rotatable bonds is 6. The van der Waals surface area contributed by atoms with Crippen molar-refractivity contribution in [1.29, 1.82) is 0 Å². The summed E-state index contributed by atoms with van der Waals surface area (Å²) in [5, 5.41) is 8.74. The van der Waals surface area contributed by atoms with E-state index in [1.54, 1.807) is 6.08 Å². The van der Waals surface area contributed by atoms with Gasteiger partial charge in [0, 0.05) is 6.54 Å². The molecule has 0 saturated carbocycles. The molecule has 0 aromatic carbocycles. The number of aliphatic carboxylic acids is 1. The number of methoxy groups -OCH3 is 1. The van der Waals surface area contributed by atoms with E-state index in [0.29, 0.717) is 18.2 Å². The molecule has 0 saturated heterocycles. The van der Waals surface area contributed by atoms with Crippen LogP contribution in [0.5, 0.6) is 5.88 Å². The van der Waals surface area contributed by atoms with Crippen LogP contribution in [0, 0.1) is 0 Å². The number of ether oxygens (including phenoxy) is 1. The Morgan fingerprint density at radius 1 is 1.69 bits per heavy atom. The Bertz CT molecular complexity index is 381. The first-order valence-electron chi connectivity index (χ1n) is 4.61. The maximum Gasteiger partial charge on any atom is 0.323 e. The minimum atomic E-state index is -0.938. The normalized spacial score (nSPS) is 9.56. The summed E-state index contributed by atoms with van der Waals surface area (Å²) >= 11 is 0. The number of hydrogen-bond acceptors (Lipinski definition) is 5. The molecule has 0 radical (unpaired) electrons. The minimum absolute atomic E-state index is 0.159. The first-order valence-corrected chi connectivity index (χ1v) is 4.61. The Morgan fingerprint density at radius 3 is 3.00 bits per heavy atom. The van der Waals surface area contributed by atoms with Crippen molar-refractivity contribution < 1.29 is 14.6 Å². The molecule has 1 aromatic heterocycles. The highest BCUT2D eigenvalue weighted by molar-refractivity contribution is 5.73. The topological polar surface area (TPSA) is 75.6 Å². The Hall–Kier alpha value is -2.11. The van der Waals surface area contributed by atoms with Gasteiger partial charge in [0.1, 0.15) is 6.54 Å². The van der Waals surface area contributed by atoms with Gasteiger partial charge < -0.3 is 14.7 Å². The lowest BCUT2D eigenvalue weighted by molar-refractivity contribution is -0.135. The van der Waals surface area contributed by atoms with Gasteiger partial charge in [-0.05, 0) is 0 Å². The standard InChI is InChI=1S/C10H13N3O3/c1-3-4-13(7-10(14)15)8-5-11-6-9(12-8)16-2/h3,5-6H,1,4,7H2,2H3,(H,14,15). The predicted octanol–water partition coefficient (Wildman–Crippen LogP) is 0.562. The summed E-state index contributed by atoms with van der Waals surface area (Å²) in [7, 11) is 1.48. The second kappa shape index (κ2) is 5.69. The molecule has 1 rings (SSSR count). The molecule has 6 heteroatoms. The summed E-state index contributed by atoms with van der Waals surface area (Å²) in [4.78, 5) is 20.2. The highest BCUT2D eigenvalue weighted by Crippen LogP contribution is 2.13. The fraction of sp³-hybridized carbons (Fsp3) is 0.300. The van der Waals surface area contributed by atoms with E-state index in [1.807, 2.05) is 0 Å². The van der Waals surface area contributed by atoms with Crippen molar-refractivity contribution in [1.82, 2.24) is 9.97 Å². The van der Waals surface area contributed by atoms with Crippen LogP contribution in [0.3, 0.4) is 0 Å². The average molecular weight is 223 g/mol.